The van der Waals surface area contributed by atoms with Gasteiger partial charge in [-0.1, -0.05) is 443 Å². The zero-order valence-electron chi connectivity index (χ0n) is 80.4. The largest absolute Gasteiger partial charge is 0.265 e. The number of aromatic nitrogens is 8. The number of rotatable bonds is 14. The number of hydrogen-bond donors (Lipinski definition) is 0. The average molecular weight is 1880 g/mol. The first-order chi connectivity index (χ1) is 73.5. The van der Waals surface area contributed by atoms with Crippen molar-refractivity contribution in [2.45, 2.75) is 0 Å². The molecule has 4 aliphatic carbocycles. The number of benzene rings is 18. The Hall–Kier alpha value is -19.8. The molecule has 8 aromatic heterocycles. The van der Waals surface area contributed by atoms with Crippen LogP contribution in [0.25, 0.3) is 289 Å². The second-order valence-corrected chi connectivity index (χ2v) is 37.6. The van der Waals surface area contributed by atoms with Gasteiger partial charge in [0.15, 0.2) is 0 Å². The SMILES string of the molecule is c1ccc(-c2nc(-c3ccc(-c4ccccn4)cc3)c(-c3ccccc3)c3c2-c2cccc4cccc-3c24)cc1.c1ccc(-c2nc(-c3cccc(-c4ccccn4)c3)c(-c3ccccc3)c3c2-c2cccc4cccc-3c24)cc1.c1ccc(-c2nc(-c3cccnc3)c(-c3ccccc3)c3c2-c2cccc4cccc-3c24)cc1.c1ccc(-c2nc(-c3ccncc3)c(-c3ccccc3)c3c2-c2cccc4cccc-3c24)cc1. The third kappa shape index (κ3) is 15.2. The summed E-state index contributed by atoms with van der Waals surface area (Å²) in [4.78, 5) is 39.7. The summed E-state index contributed by atoms with van der Waals surface area (Å²) in [5.74, 6) is 0. The lowest BCUT2D eigenvalue weighted by Crippen LogP contribution is -1.99. The lowest BCUT2D eigenvalue weighted by molar-refractivity contribution is 1.28. The Balaban J connectivity index is 0.0000000977. The first-order valence-electron chi connectivity index (χ1n) is 50.2. The van der Waals surface area contributed by atoms with Gasteiger partial charge < -0.3 is 0 Å². The summed E-state index contributed by atoms with van der Waals surface area (Å²) in [5, 5.41) is 10.2. The molecule has 30 rings (SSSR count). The molecule has 0 radical (unpaired) electrons. The zero-order valence-corrected chi connectivity index (χ0v) is 80.4. The summed E-state index contributed by atoms with van der Waals surface area (Å²) in [6.45, 7) is 0. The van der Waals surface area contributed by atoms with Crippen molar-refractivity contribution in [3.05, 3.63) is 535 Å². The second-order valence-electron chi connectivity index (χ2n) is 37.6. The molecule has 0 aliphatic heterocycles. The molecular weight excluding hydrogens is 1790 g/mol. The van der Waals surface area contributed by atoms with Gasteiger partial charge in [0.05, 0.1) is 56.9 Å². The molecule has 4 aliphatic rings. The van der Waals surface area contributed by atoms with Gasteiger partial charge in [-0.25, -0.2) is 19.9 Å². The highest BCUT2D eigenvalue weighted by molar-refractivity contribution is 6.27. The molecule has 8 nitrogen and oxygen atoms in total. The van der Waals surface area contributed by atoms with Gasteiger partial charge in [-0.05, 0) is 164 Å². The molecule has 8 heteroatoms. The molecule has 8 heterocycles. The molecule has 26 aromatic rings. The summed E-state index contributed by atoms with van der Waals surface area (Å²) < 4.78 is 0. The van der Waals surface area contributed by atoms with E-state index in [9.17, 15) is 0 Å². The smallest absolute Gasteiger partial charge is 0.0810 e. The highest BCUT2D eigenvalue weighted by Crippen LogP contribution is 2.62. The van der Waals surface area contributed by atoms with E-state index in [1.54, 1.807) is 0 Å². The molecule has 0 saturated carbocycles. The molecule has 688 valence electrons. The highest BCUT2D eigenvalue weighted by atomic mass is 14.8. The van der Waals surface area contributed by atoms with E-state index >= 15 is 0 Å². The van der Waals surface area contributed by atoms with Gasteiger partial charge in [0.25, 0.3) is 0 Å². The summed E-state index contributed by atoms with van der Waals surface area (Å²) >= 11 is 0. The molecule has 0 N–H and O–H groups in total. The molecule has 148 heavy (non-hydrogen) atoms. The molecule has 0 spiro atoms. The van der Waals surface area contributed by atoms with E-state index < -0.39 is 0 Å². The van der Waals surface area contributed by atoms with Crippen LogP contribution in [0, 0.1) is 0 Å². The maximum Gasteiger partial charge on any atom is 0.0810 e. The first kappa shape index (κ1) is 87.2. The van der Waals surface area contributed by atoms with Crippen LogP contribution < -0.4 is 0 Å². The molecule has 0 unspecified atom stereocenters. The van der Waals surface area contributed by atoms with Crippen molar-refractivity contribution in [3.63, 3.8) is 0 Å². The van der Waals surface area contributed by atoms with Gasteiger partial charge in [-0.2, -0.15) is 0 Å². The Bertz CT molecular complexity index is 9330. The number of nitrogens with zero attached hydrogens (tertiary/aromatic N) is 8. The number of fused-ring (bicyclic) bond motifs is 12. The van der Waals surface area contributed by atoms with Gasteiger partial charge in [-0.15, -0.1) is 0 Å². The molecule has 18 aromatic carbocycles. The van der Waals surface area contributed by atoms with Crippen LogP contribution in [0.1, 0.15) is 0 Å². The Morgan fingerprint density at radius 2 is 0.351 bits per heavy atom. The van der Waals surface area contributed by atoms with Gasteiger partial charge in [0, 0.05) is 160 Å². The van der Waals surface area contributed by atoms with Crippen LogP contribution in [0.4, 0.5) is 0 Å². The van der Waals surface area contributed by atoms with Crippen molar-refractivity contribution in [2.24, 2.45) is 0 Å². The topological polar surface area (TPSA) is 103 Å². The Labute approximate surface area is 857 Å². The number of hydrogen-bond acceptors (Lipinski definition) is 8. The third-order valence-electron chi connectivity index (χ3n) is 29.1. The van der Waals surface area contributed by atoms with Crippen LogP contribution in [-0.4, -0.2) is 39.9 Å². The first-order valence-corrected chi connectivity index (χ1v) is 50.2. The molecule has 0 fully saturated rings. The fourth-order valence-corrected chi connectivity index (χ4v) is 22.8. The van der Waals surface area contributed by atoms with Crippen LogP contribution in [0.5, 0.6) is 0 Å². The van der Waals surface area contributed by atoms with E-state index in [4.69, 9.17) is 19.9 Å². The van der Waals surface area contributed by atoms with Crippen molar-refractivity contribution in [1.29, 1.82) is 0 Å². The second kappa shape index (κ2) is 37.6. The van der Waals surface area contributed by atoms with Crippen molar-refractivity contribution >= 4 is 43.1 Å². The van der Waals surface area contributed by atoms with Crippen molar-refractivity contribution in [3.8, 4) is 246 Å². The summed E-state index contributed by atoms with van der Waals surface area (Å²) in [6.07, 6.45) is 11.1. The molecule has 0 amide bonds. The highest BCUT2D eigenvalue weighted by Gasteiger charge is 2.38. The quantitative estimate of drug-likeness (QED) is 0.106. The maximum atomic E-state index is 5.55. The fourth-order valence-electron chi connectivity index (χ4n) is 22.8. The van der Waals surface area contributed by atoms with Crippen LogP contribution >= 0.6 is 0 Å². The van der Waals surface area contributed by atoms with E-state index in [0.717, 1.165) is 135 Å². The third-order valence-corrected chi connectivity index (χ3v) is 29.1. The number of pyridine rings is 8. The average Bonchev–Trinajstić information content (AvgIpc) is 1.56. The molecule has 0 atom stereocenters. The fraction of sp³-hybridized carbons (Fsp3) is 0. The monoisotopic (exact) mass is 1880 g/mol. The standard InChI is InChI=1S/2C38H24N2.2C32H20N2/c1-3-12-26(13-4-1)34-35-30-20-10-16-25-17-11-21-31(33(25)30)36(35)37(27-14-5-2-6-15-27)40-38(34)29-19-9-18-28(24-29)32-22-7-8-23-39-32;1-3-11-27(12-4-1)34-35-30-17-9-15-26-16-10-18-31(33(26)30)36(35)38(28-13-5-2-6-14-28)40-37(34)29-22-20-25(21-23-29)32-19-7-8-24-39-32;1-3-10-22(11-4-1)28-29-25-17-7-14-21-15-8-18-26(27(21)25)30(29)31(23-12-5-2-6-13-23)34-32(28)24-16-9-19-33-20-24;1-3-9-22(10-4-1)28-29-25-15-7-13-21-14-8-16-26(27(21)25)30(29)32(23-11-5-2-6-12-23)34-31(28)24-17-19-33-20-18-24/h2*1-24H;2*1-20H. The van der Waals surface area contributed by atoms with Gasteiger partial charge >= 0.3 is 0 Å². The predicted octanol–water partition coefficient (Wildman–Crippen LogP) is 36.4. The molecule has 0 saturated heterocycles. The van der Waals surface area contributed by atoms with Crippen molar-refractivity contribution in [1.82, 2.24) is 39.9 Å². The van der Waals surface area contributed by atoms with E-state index in [1.165, 1.54) is 154 Å². The van der Waals surface area contributed by atoms with E-state index in [0.29, 0.717) is 0 Å². The van der Waals surface area contributed by atoms with Gasteiger partial charge in [-0.3, -0.25) is 19.9 Å². The minimum Gasteiger partial charge on any atom is -0.265 e. The van der Waals surface area contributed by atoms with E-state index in [2.05, 4.69) is 481 Å². The summed E-state index contributed by atoms with van der Waals surface area (Å²) in [6, 6.07) is 176. The summed E-state index contributed by atoms with van der Waals surface area (Å²) in [7, 11) is 0. The van der Waals surface area contributed by atoms with Crippen molar-refractivity contribution < 1.29 is 0 Å². The minimum absolute atomic E-state index is 0.951. The van der Waals surface area contributed by atoms with E-state index in [-0.39, 0.29) is 0 Å². The van der Waals surface area contributed by atoms with Crippen LogP contribution in [0.2, 0.25) is 0 Å². The van der Waals surface area contributed by atoms with E-state index in [1.807, 2.05) is 73.6 Å². The van der Waals surface area contributed by atoms with Crippen molar-refractivity contribution in [2.75, 3.05) is 0 Å². The Morgan fingerprint density at radius 1 is 0.122 bits per heavy atom. The van der Waals surface area contributed by atoms with Crippen LogP contribution in [0.3, 0.4) is 0 Å². The van der Waals surface area contributed by atoms with Gasteiger partial charge in [0.2, 0.25) is 0 Å². The van der Waals surface area contributed by atoms with Crippen LogP contribution in [-0.2, 0) is 0 Å². The lowest BCUT2D eigenvalue weighted by Gasteiger charge is -2.20. The maximum absolute atomic E-state index is 5.55. The predicted molar refractivity (Wildman–Crippen MR) is 612 cm³/mol. The van der Waals surface area contributed by atoms with Crippen LogP contribution in [0.15, 0.2) is 535 Å². The molecular formula is C140H88N8. The lowest BCUT2D eigenvalue weighted by atomic mass is 9.87. The summed E-state index contributed by atoms with van der Waals surface area (Å²) in [5.41, 5.74) is 50.1. The van der Waals surface area contributed by atoms with Gasteiger partial charge in [0.1, 0.15) is 0 Å². The Morgan fingerprint density at radius 3 is 0.649 bits per heavy atom. The normalized spacial score (nSPS) is 11.5. The Kier molecular flexibility index (Phi) is 22.1. The minimum atomic E-state index is 0.951. The molecule has 0 bridgehead atoms. The zero-order chi connectivity index (χ0) is 97.9.